The molecule has 3 heterocycles. The Labute approximate surface area is 139 Å². The van der Waals surface area contributed by atoms with Crippen LogP contribution in [0, 0.1) is 12.8 Å². The van der Waals surface area contributed by atoms with Gasteiger partial charge in [-0.2, -0.15) is 0 Å². The van der Waals surface area contributed by atoms with Crippen molar-refractivity contribution in [2.24, 2.45) is 5.92 Å². The Morgan fingerprint density at radius 2 is 2.17 bits per heavy atom. The maximum Gasteiger partial charge on any atom is 0.262 e. The van der Waals surface area contributed by atoms with Crippen LogP contribution in [0.4, 0.5) is 0 Å². The third-order valence-corrected chi connectivity index (χ3v) is 5.86. The number of nitrogens with one attached hydrogen (secondary N) is 1. The zero-order chi connectivity index (χ0) is 16.7. The number of rotatable bonds is 4. The maximum atomic E-state index is 12.7. The van der Waals surface area contributed by atoms with Crippen LogP contribution >= 0.6 is 11.3 Å². The summed E-state index contributed by atoms with van der Waals surface area (Å²) in [7, 11) is 0. The first kappa shape index (κ1) is 16.2. The van der Waals surface area contributed by atoms with Crippen LogP contribution in [0.2, 0.25) is 0 Å². The first-order chi connectivity index (χ1) is 10.9. The molecular weight excluding hydrogens is 310 g/mol. The Balaban J connectivity index is 2.03. The van der Waals surface area contributed by atoms with Gasteiger partial charge < -0.3 is 5.32 Å². The summed E-state index contributed by atoms with van der Waals surface area (Å²) in [5, 5.41) is 3.71. The molecule has 1 aliphatic heterocycles. The van der Waals surface area contributed by atoms with Gasteiger partial charge in [-0.05, 0) is 31.2 Å². The molecule has 6 heteroatoms. The second-order valence-corrected chi connectivity index (χ2v) is 7.56. The maximum absolute atomic E-state index is 12.7. The van der Waals surface area contributed by atoms with Crippen LogP contribution in [0.5, 0.6) is 0 Å². The number of amides is 1. The molecule has 23 heavy (non-hydrogen) atoms. The van der Waals surface area contributed by atoms with E-state index in [2.05, 4.69) is 31.1 Å². The molecule has 0 fully saturated rings. The molecule has 0 aromatic carbocycles. The second kappa shape index (κ2) is 6.07. The molecule has 2 aromatic heterocycles. The van der Waals surface area contributed by atoms with Gasteiger partial charge in [0.15, 0.2) is 0 Å². The molecule has 124 valence electrons. The number of carbonyl (C=O) groups is 1. The van der Waals surface area contributed by atoms with E-state index in [-0.39, 0.29) is 17.5 Å². The number of hydrogen-bond acceptors (Lipinski definition) is 4. The lowest BCUT2D eigenvalue weighted by Crippen LogP contribution is -2.37. The van der Waals surface area contributed by atoms with E-state index in [0.29, 0.717) is 21.0 Å². The van der Waals surface area contributed by atoms with Crippen LogP contribution in [0.15, 0.2) is 4.79 Å². The van der Waals surface area contributed by atoms with Crippen LogP contribution in [0.1, 0.15) is 54.7 Å². The van der Waals surface area contributed by atoms with Crippen LogP contribution in [0.3, 0.4) is 0 Å². The quantitative estimate of drug-likeness (QED) is 0.936. The molecule has 1 amide bonds. The van der Waals surface area contributed by atoms with Crippen molar-refractivity contribution in [1.82, 2.24) is 14.9 Å². The largest absolute Gasteiger partial charge is 0.348 e. The van der Waals surface area contributed by atoms with E-state index in [9.17, 15) is 9.59 Å². The van der Waals surface area contributed by atoms with Crippen LogP contribution < -0.4 is 10.9 Å². The van der Waals surface area contributed by atoms with Crippen molar-refractivity contribution < 1.29 is 4.79 Å². The van der Waals surface area contributed by atoms with E-state index in [0.717, 1.165) is 37.2 Å². The minimum atomic E-state index is -0.0874. The first-order valence-electron chi connectivity index (χ1n) is 8.27. The summed E-state index contributed by atoms with van der Waals surface area (Å²) in [6.07, 6.45) is 2.70. The highest BCUT2D eigenvalue weighted by Gasteiger charge is 2.24. The molecule has 0 saturated heterocycles. The summed E-state index contributed by atoms with van der Waals surface area (Å²) in [4.78, 5) is 31.2. The number of carbonyl (C=O) groups excluding carboxylic acids is 1. The molecule has 0 radical (unpaired) electrons. The smallest absolute Gasteiger partial charge is 0.262 e. The molecule has 0 unspecified atom stereocenters. The highest BCUT2D eigenvalue weighted by molar-refractivity contribution is 7.20. The fourth-order valence-corrected chi connectivity index (χ4v) is 4.36. The molecule has 5 nitrogen and oxygen atoms in total. The summed E-state index contributed by atoms with van der Waals surface area (Å²) in [5.74, 6) is 1.14. The molecule has 0 bridgehead atoms. The SMILES string of the molecule is CC[C@@H](NC(=O)c1sc2nc3n(c(=O)c2c1C)CCC3)C(C)C. The third kappa shape index (κ3) is 2.69. The number of aromatic nitrogens is 2. The molecule has 1 atom stereocenters. The van der Waals surface area contributed by atoms with E-state index < -0.39 is 0 Å². The van der Waals surface area contributed by atoms with Crippen molar-refractivity contribution in [2.45, 2.75) is 59.5 Å². The van der Waals surface area contributed by atoms with Gasteiger partial charge in [-0.1, -0.05) is 20.8 Å². The second-order valence-electron chi connectivity index (χ2n) is 6.56. The Morgan fingerprint density at radius 1 is 1.43 bits per heavy atom. The van der Waals surface area contributed by atoms with Gasteiger partial charge in [0.1, 0.15) is 10.7 Å². The van der Waals surface area contributed by atoms with Gasteiger partial charge in [-0.15, -0.1) is 11.3 Å². The zero-order valence-electron chi connectivity index (χ0n) is 14.1. The fraction of sp³-hybridized carbons (Fsp3) is 0.588. The molecule has 3 rings (SSSR count). The van der Waals surface area contributed by atoms with Crippen LogP contribution in [-0.4, -0.2) is 21.5 Å². The lowest BCUT2D eigenvalue weighted by Gasteiger charge is -2.20. The van der Waals surface area contributed by atoms with E-state index in [1.54, 1.807) is 4.57 Å². The van der Waals surface area contributed by atoms with E-state index in [1.807, 2.05) is 6.92 Å². The van der Waals surface area contributed by atoms with Gasteiger partial charge in [0.05, 0.1) is 10.3 Å². The third-order valence-electron chi connectivity index (χ3n) is 4.68. The van der Waals surface area contributed by atoms with E-state index in [1.165, 1.54) is 11.3 Å². The Hall–Kier alpha value is -1.69. The molecule has 0 saturated carbocycles. The average Bonchev–Trinajstić information content (AvgIpc) is 3.09. The summed E-state index contributed by atoms with van der Waals surface area (Å²) in [6.45, 7) is 8.87. The topological polar surface area (TPSA) is 64.0 Å². The molecule has 2 aromatic rings. The molecule has 0 aliphatic carbocycles. The Kier molecular flexibility index (Phi) is 4.27. The fourth-order valence-electron chi connectivity index (χ4n) is 3.27. The highest BCUT2D eigenvalue weighted by Crippen LogP contribution is 2.28. The van der Waals surface area contributed by atoms with Crippen LogP contribution in [-0.2, 0) is 13.0 Å². The summed E-state index contributed by atoms with van der Waals surface area (Å²) in [6, 6.07) is 0.145. The predicted octanol–water partition coefficient (Wildman–Crippen LogP) is 2.88. The summed E-state index contributed by atoms with van der Waals surface area (Å²) < 4.78 is 1.76. The average molecular weight is 333 g/mol. The van der Waals surface area contributed by atoms with Crippen molar-refractivity contribution >= 4 is 27.5 Å². The molecule has 1 N–H and O–H groups in total. The lowest BCUT2D eigenvalue weighted by atomic mass is 10.0. The molecule has 0 spiro atoms. The standard InChI is InChI=1S/C17H23N3O2S/c1-5-11(9(2)3)18-15(21)14-10(4)13-16(23-14)19-12-7-6-8-20(12)17(13)22/h9,11H,5-8H2,1-4H3,(H,18,21)/t11-/m1/s1. The van der Waals surface area contributed by atoms with Gasteiger partial charge in [-0.3, -0.25) is 14.2 Å². The predicted molar refractivity (Wildman–Crippen MR) is 93.3 cm³/mol. The monoisotopic (exact) mass is 333 g/mol. The number of fused-ring (bicyclic) bond motifs is 2. The Morgan fingerprint density at radius 3 is 2.83 bits per heavy atom. The first-order valence-corrected chi connectivity index (χ1v) is 9.09. The minimum Gasteiger partial charge on any atom is -0.348 e. The van der Waals surface area contributed by atoms with Crippen molar-refractivity contribution in [3.63, 3.8) is 0 Å². The van der Waals surface area contributed by atoms with Gasteiger partial charge >= 0.3 is 0 Å². The van der Waals surface area contributed by atoms with Crippen molar-refractivity contribution in [3.8, 4) is 0 Å². The normalized spacial score (nSPS) is 15.2. The highest BCUT2D eigenvalue weighted by atomic mass is 32.1. The van der Waals surface area contributed by atoms with Gasteiger partial charge in [0.2, 0.25) is 0 Å². The summed E-state index contributed by atoms with van der Waals surface area (Å²) >= 11 is 1.34. The number of hydrogen-bond donors (Lipinski definition) is 1. The summed E-state index contributed by atoms with van der Waals surface area (Å²) in [5.41, 5.74) is 0.770. The van der Waals surface area contributed by atoms with E-state index >= 15 is 0 Å². The number of aryl methyl sites for hydroxylation is 2. The van der Waals surface area contributed by atoms with Gasteiger partial charge in [0.25, 0.3) is 11.5 Å². The Bertz CT molecular complexity index is 819. The van der Waals surface area contributed by atoms with Crippen molar-refractivity contribution in [3.05, 3.63) is 26.6 Å². The number of nitrogens with zero attached hydrogens (tertiary/aromatic N) is 2. The van der Waals surface area contributed by atoms with Gasteiger partial charge in [0, 0.05) is 19.0 Å². The molecule has 1 aliphatic rings. The number of thiophene rings is 1. The molecular formula is C17H23N3O2S. The van der Waals surface area contributed by atoms with Crippen LogP contribution in [0.25, 0.3) is 10.2 Å². The zero-order valence-corrected chi connectivity index (χ0v) is 14.9. The van der Waals surface area contributed by atoms with Crippen molar-refractivity contribution in [2.75, 3.05) is 0 Å². The lowest BCUT2D eigenvalue weighted by molar-refractivity contribution is 0.0928. The van der Waals surface area contributed by atoms with Gasteiger partial charge in [-0.25, -0.2) is 4.98 Å². The van der Waals surface area contributed by atoms with Crippen molar-refractivity contribution in [1.29, 1.82) is 0 Å². The minimum absolute atomic E-state index is 0.00574. The van der Waals surface area contributed by atoms with E-state index in [4.69, 9.17) is 0 Å².